The van der Waals surface area contributed by atoms with Crippen LogP contribution >= 0.6 is 0 Å². The SMILES string of the molecule is CCOC(=O)c1cnn(-c2cc(C)c3cccc(OC)c3n2)c1NC(=O)C12CC3CC(CC(C3)C1)C2. The third kappa shape index (κ3) is 3.65. The van der Waals surface area contributed by atoms with Gasteiger partial charge < -0.3 is 14.8 Å². The van der Waals surface area contributed by atoms with Crippen molar-refractivity contribution < 1.29 is 19.1 Å². The van der Waals surface area contributed by atoms with Crippen molar-refractivity contribution >= 4 is 28.6 Å². The van der Waals surface area contributed by atoms with Gasteiger partial charge in [-0.1, -0.05) is 12.1 Å². The van der Waals surface area contributed by atoms with Gasteiger partial charge in [-0.05, 0) is 87.8 Å². The lowest BCUT2D eigenvalue weighted by Gasteiger charge is -2.55. The number of hydrogen-bond donors (Lipinski definition) is 1. The van der Waals surface area contributed by atoms with Gasteiger partial charge in [0.15, 0.2) is 11.6 Å². The summed E-state index contributed by atoms with van der Waals surface area (Å²) in [6, 6.07) is 7.69. The maximum atomic E-state index is 13.9. The number of esters is 1. The van der Waals surface area contributed by atoms with Crippen LogP contribution in [0.1, 0.15) is 61.4 Å². The van der Waals surface area contributed by atoms with Gasteiger partial charge in [-0.3, -0.25) is 4.79 Å². The Bertz CT molecular complexity index is 1330. The molecule has 188 valence electrons. The predicted octanol–water partition coefficient (Wildman–Crippen LogP) is 5.07. The molecule has 0 unspecified atom stereocenters. The van der Waals surface area contributed by atoms with Gasteiger partial charge in [0.1, 0.15) is 16.8 Å². The third-order valence-electron chi connectivity index (χ3n) is 8.45. The van der Waals surface area contributed by atoms with E-state index in [-0.39, 0.29) is 23.5 Å². The molecule has 4 saturated carbocycles. The fourth-order valence-electron chi connectivity index (χ4n) is 7.28. The van der Waals surface area contributed by atoms with Gasteiger partial charge in [0, 0.05) is 5.39 Å². The Morgan fingerprint density at radius 3 is 2.47 bits per heavy atom. The lowest BCUT2D eigenvalue weighted by Crippen LogP contribution is -2.52. The molecule has 8 heteroatoms. The summed E-state index contributed by atoms with van der Waals surface area (Å²) >= 11 is 0. The Kier molecular flexibility index (Phi) is 5.50. The van der Waals surface area contributed by atoms with Gasteiger partial charge in [-0.2, -0.15) is 9.78 Å². The molecule has 2 heterocycles. The number of hydrogen-bond acceptors (Lipinski definition) is 6. The average Bonchev–Trinajstić information content (AvgIpc) is 3.26. The standard InChI is InChI=1S/C28H32N4O4/c1-4-36-26(33)21-15-29-32(23-8-16(2)20-6-5-7-22(35-3)24(20)30-23)25(21)31-27(34)28-12-17-9-18(13-28)11-19(10-17)14-28/h5-8,15,17-19H,4,9-14H2,1-3H3,(H,31,34). The Labute approximate surface area is 210 Å². The summed E-state index contributed by atoms with van der Waals surface area (Å²) in [6.07, 6.45) is 7.99. The molecule has 1 N–H and O–H groups in total. The molecule has 36 heavy (non-hydrogen) atoms. The number of nitrogens with one attached hydrogen (secondary N) is 1. The fourth-order valence-corrected chi connectivity index (χ4v) is 7.28. The number of methoxy groups -OCH3 is 1. The molecule has 0 aliphatic heterocycles. The highest BCUT2D eigenvalue weighted by Crippen LogP contribution is 2.60. The molecule has 0 saturated heterocycles. The Balaban J connectivity index is 1.43. The first-order valence-electron chi connectivity index (χ1n) is 12.9. The molecule has 4 fully saturated rings. The zero-order valence-corrected chi connectivity index (χ0v) is 21.0. The minimum absolute atomic E-state index is 0.0102. The first kappa shape index (κ1) is 23.0. The van der Waals surface area contributed by atoms with Crippen LogP contribution in [0.2, 0.25) is 0 Å². The van der Waals surface area contributed by atoms with Crippen LogP contribution in [0.5, 0.6) is 5.75 Å². The number of carbonyl (C=O) groups excluding carboxylic acids is 2. The minimum atomic E-state index is -0.514. The number of anilines is 1. The maximum Gasteiger partial charge on any atom is 0.343 e. The number of amides is 1. The summed E-state index contributed by atoms with van der Waals surface area (Å²) in [5.74, 6) is 2.84. The van der Waals surface area contributed by atoms with Crippen LogP contribution < -0.4 is 10.1 Å². The lowest BCUT2D eigenvalue weighted by molar-refractivity contribution is -0.140. The van der Waals surface area contributed by atoms with Crippen LogP contribution in [-0.2, 0) is 9.53 Å². The summed E-state index contributed by atoms with van der Waals surface area (Å²) < 4.78 is 12.4. The number of benzene rings is 1. The topological polar surface area (TPSA) is 95.3 Å². The molecule has 1 aromatic carbocycles. The molecule has 8 nitrogen and oxygen atoms in total. The first-order chi connectivity index (χ1) is 17.4. The van der Waals surface area contributed by atoms with Crippen LogP contribution in [0, 0.1) is 30.1 Å². The number of carbonyl (C=O) groups is 2. The fraction of sp³-hybridized carbons (Fsp3) is 0.500. The zero-order chi connectivity index (χ0) is 25.0. The molecule has 7 rings (SSSR count). The number of pyridine rings is 1. The van der Waals surface area contributed by atoms with Crippen LogP contribution in [0.3, 0.4) is 0 Å². The van der Waals surface area contributed by atoms with Crippen molar-refractivity contribution in [2.75, 3.05) is 19.0 Å². The third-order valence-corrected chi connectivity index (χ3v) is 8.45. The minimum Gasteiger partial charge on any atom is -0.494 e. The number of para-hydroxylation sites is 1. The predicted molar refractivity (Wildman–Crippen MR) is 135 cm³/mol. The highest BCUT2D eigenvalue weighted by atomic mass is 16.5. The number of rotatable bonds is 6. The first-order valence-corrected chi connectivity index (χ1v) is 12.9. The van der Waals surface area contributed by atoms with Crippen LogP contribution in [0.25, 0.3) is 16.7 Å². The van der Waals surface area contributed by atoms with E-state index < -0.39 is 5.97 Å². The van der Waals surface area contributed by atoms with Crippen LogP contribution in [0.15, 0.2) is 30.5 Å². The molecule has 0 atom stereocenters. The summed E-state index contributed by atoms with van der Waals surface area (Å²) in [5, 5.41) is 8.60. The molecule has 4 aliphatic carbocycles. The molecule has 0 radical (unpaired) electrons. The van der Waals surface area contributed by atoms with Crippen molar-refractivity contribution in [2.24, 2.45) is 23.2 Å². The van der Waals surface area contributed by atoms with E-state index >= 15 is 0 Å². The van der Waals surface area contributed by atoms with Crippen molar-refractivity contribution in [2.45, 2.75) is 52.4 Å². The maximum absolute atomic E-state index is 13.9. The molecule has 2 aromatic heterocycles. The quantitative estimate of drug-likeness (QED) is 0.487. The average molecular weight is 489 g/mol. The van der Waals surface area contributed by atoms with Crippen molar-refractivity contribution in [3.63, 3.8) is 0 Å². The van der Waals surface area contributed by atoms with E-state index in [2.05, 4.69) is 10.4 Å². The highest BCUT2D eigenvalue weighted by Gasteiger charge is 2.54. The largest absolute Gasteiger partial charge is 0.494 e. The van der Waals surface area contributed by atoms with E-state index in [0.717, 1.165) is 30.2 Å². The number of aromatic nitrogens is 3. The monoisotopic (exact) mass is 488 g/mol. The molecular weight excluding hydrogens is 456 g/mol. The summed E-state index contributed by atoms with van der Waals surface area (Å²) in [4.78, 5) is 31.6. The normalized spacial score (nSPS) is 26.2. The van der Waals surface area contributed by atoms with Gasteiger partial charge in [0.2, 0.25) is 5.91 Å². The van der Waals surface area contributed by atoms with Gasteiger partial charge in [-0.15, -0.1) is 0 Å². The Morgan fingerprint density at radius 2 is 1.83 bits per heavy atom. The molecule has 4 bridgehead atoms. The summed E-state index contributed by atoms with van der Waals surface area (Å²) in [7, 11) is 1.61. The number of ether oxygens (including phenoxy) is 2. The van der Waals surface area contributed by atoms with Crippen molar-refractivity contribution in [1.82, 2.24) is 14.8 Å². The van der Waals surface area contributed by atoms with Crippen LogP contribution in [0.4, 0.5) is 5.82 Å². The van der Waals surface area contributed by atoms with E-state index in [4.69, 9.17) is 14.5 Å². The van der Waals surface area contributed by atoms with Crippen LogP contribution in [-0.4, -0.2) is 40.4 Å². The molecule has 1 amide bonds. The molecule has 3 aromatic rings. The number of fused-ring (bicyclic) bond motifs is 1. The second kappa shape index (κ2) is 8.61. The molecular formula is C28H32N4O4. The van der Waals surface area contributed by atoms with E-state index in [9.17, 15) is 9.59 Å². The number of aryl methyl sites for hydroxylation is 1. The Morgan fingerprint density at radius 1 is 1.14 bits per heavy atom. The van der Waals surface area contributed by atoms with E-state index in [1.807, 2.05) is 31.2 Å². The van der Waals surface area contributed by atoms with Crippen molar-refractivity contribution in [3.8, 4) is 11.6 Å². The van der Waals surface area contributed by atoms with Gasteiger partial charge in [0.25, 0.3) is 0 Å². The van der Waals surface area contributed by atoms with Gasteiger partial charge in [0.05, 0.1) is 25.3 Å². The summed E-state index contributed by atoms with van der Waals surface area (Å²) in [5.41, 5.74) is 1.54. The molecule has 4 aliphatic rings. The van der Waals surface area contributed by atoms with E-state index in [1.165, 1.54) is 25.5 Å². The van der Waals surface area contributed by atoms with E-state index in [0.29, 0.717) is 40.7 Å². The number of nitrogens with zero attached hydrogens (tertiary/aromatic N) is 3. The van der Waals surface area contributed by atoms with Gasteiger partial charge >= 0.3 is 5.97 Å². The smallest absolute Gasteiger partial charge is 0.343 e. The van der Waals surface area contributed by atoms with Crippen molar-refractivity contribution in [1.29, 1.82) is 0 Å². The molecule has 0 spiro atoms. The lowest BCUT2D eigenvalue weighted by atomic mass is 9.49. The summed E-state index contributed by atoms with van der Waals surface area (Å²) in [6.45, 7) is 3.99. The van der Waals surface area contributed by atoms with E-state index in [1.54, 1.807) is 18.7 Å². The second-order valence-corrected chi connectivity index (χ2v) is 10.8. The van der Waals surface area contributed by atoms with Crippen molar-refractivity contribution in [3.05, 3.63) is 41.6 Å². The zero-order valence-electron chi connectivity index (χ0n) is 21.0. The second-order valence-electron chi connectivity index (χ2n) is 10.8. The Hall–Kier alpha value is -3.42. The highest BCUT2D eigenvalue weighted by molar-refractivity contribution is 6.02. The van der Waals surface area contributed by atoms with Gasteiger partial charge in [-0.25, -0.2) is 9.78 Å².